The van der Waals surface area contributed by atoms with E-state index in [0.29, 0.717) is 19.4 Å². The van der Waals surface area contributed by atoms with Gasteiger partial charge in [0.15, 0.2) is 0 Å². The number of hydrogen-bond acceptors (Lipinski definition) is 4. The van der Waals surface area contributed by atoms with Crippen molar-refractivity contribution in [3.63, 3.8) is 0 Å². The molecule has 0 saturated heterocycles. The lowest BCUT2D eigenvalue weighted by molar-refractivity contribution is -0.121. The first-order valence-electron chi connectivity index (χ1n) is 4.22. The number of methoxy groups -OCH3 is 1. The molecule has 0 aromatic carbocycles. The quantitative estimate of drug-likeness (QED) is 0.532. The summed E-state index contributed by atoms with van der Waals surface area (Å²) in [7, 11) is -1.93. The highest BCUT2D eigenvalue weighted by atomic mass is 32.2. The van der Waals surface area contributed by atoms with Gasteiger partial charge in [0.2, 0.25) is 15.9 Å². The Kier molecular flexibility index (Phi) is 6.43. The summed E-state index contributed by atoms with van der Waals surface area (Å²) in [5.41, 5.74) is 0. The van der Waals surface area contributed by atoms with Gasteiger partial charge in [-0.15, -0.1) is 0 Å². The Labute approximate surface area is 83.9 Å². The normalized spacial score (nSPS) is 11.3. The third-order valence-corrected chi connectivity index (χ3v) is 2.23. The number of nitrogens with two attached hydrogens (primary N) is 1. The largest absolute Gasteiger partial charge is 0.385 e. The van der Waals surface area contributed by atoms with E-state index in [-0.39, 0.29) is 18.2 Å². The van der Waals surface area contributed by atoms with Gasteiger partial charge < -0.3 is 10.1 Å². The fraction of sp³-hybridized carbons (Fsp3) is 0.857. The number of carbonyl (C=O) groups excluding carboxylic acids is 1. The maximum atomic E-state index is 11.0. The Balaban J connectivity index is 3.45. The van der Waals surface area contributed by atoms with Crippen molar-refractivity contribution in [2.75, 3.05) is 26.0 Å². The van der Waals surface area contributed by atoms with E-state index >= 15 is 0 Å². The van der Waals surface area contributed by atoms with Gasteiger partial charge in [-0.2, -0.15) is 0 Å². The Morgan fingerprint density at radius 3 is 2.64 bits per heavy atom. The molecule has 7 heteroatoms. The lowest BCUT2D eigenvalue weighted by atomic mass is 10.3. The smallest absolute Gasteiger partial charge is 0.220 e. The first-order chi connectivity index (χ1) is 6.45. The molecule has 0 radical (unpaired) electrons. The molecule has 0 rings (SSSR count). The summed E-state index contributed by atoms with van der Waals surface area (Å²) in [6.45, 7) is 0.577. The minimum atomic E-state index is -3.48. The minimum Gasteiger partial charge on any atom is -0.385 e. The third kappa shape index (κ3) is 9.43. The van der Waals surface area contributed by atoms with Crippen LogP contribution >= 0.6 is 0 Å². The Hall–Kier alpha value is -0.660. The van der Waals surface area contributed by atoms with Crippen molar-refractivity contribution in [1.29, 1.82) is 0 Å². The number of rotatable bonds is 7. The summed E-state index contributed by atoms with van der Waals surface area (Å²) in [6.07, 6.45) is 0.955. The molecule has 0 aromatic heterocycles. The average Bonchev–Trinajstić information content (AvgIpc) is 2.02. The van der Waals surface area contributed by atoms with Crippen molar-refractivity contribution >= 4 is 15.9 Å². The van der Waals surface area contributed by atoms with Gasteiger partial charge in [0.1, 0.15) is 0 Å². The average molecular weight is 224 g/mol. The van der Waals surface area contributed by atoms with Gasteiger partial charge in [-0.1, -0.05) is 0 Å². The molecule has 6 nitrogen and oxygen atoms in total. The molecule has 0 aliphatic rings. The molecular formula is C7H16N2O4S. The highest BCUT2D eigenvalue weighted by molar-refractivity contribution is 7.89. The van der Waals surface area contributed by atoms with Gasteiger partial charge in [-0.3, -0.25) is 4.79 Å². The number of carbonyl (C=O) groups is 1. The first kappa shape index (κ1) is 13.3. The second kappa shape index (κ2) is 6.74. The number of hydrogen-bond donors (Lipinski definition) is 2. The molecular weight excluding hydrogens is 208 g/mol. The van der Waals surface area contributed by atoms with E-state index in [9.17, 15) is 13.2 Å². The van der Waals surface area contributed by atoms with Crippen LogP contribution in [-0.4, -0.2) is 40.3 Å². The van der Waals surface area contributed by atoms with Gasteiger partial charge in [-0.05, 0) is 6.42 Å². The molecule has 0 aliphatic carbocycles. The second-order valence-electron chi connectivity index (χ2n) is 2.81. The first-order valence-corrected chi connectivity index (χ1v) is 5.93. The van der Waals surface area contributed by atoms with E-state index in [1.54, 1.807) is 7.11 Å². The van der Waals surface area contributed by atoms with Crippen molar-refractivity contribution in [1.82, 2.24) is 5.32 Å². The minimum absolute atomic E-state index is 0.0602. The van der Waals surface area contributed by atoms with Gasteiger partial charge in [0.05, 0.1) is 5.75 Å². The highest BCUT2D eigenvalue weighted by Gasteiger charge is 2.04. The van der Waals surface area contributed by atoms with Gasteiger partial charge in [0.25, 0.3) is 0 Å². The molecule has 0 aromatic rings. The number of ether oxygens (including phenoxy) is 1. The molecule has 0 unspecified atom stereocenters. The van der Waals surface area contributed by atoms with Crippen LogP contribution in [0.5, 0.6) is 0 Å². The molecule has 0 fully saturated rings. The Bertz CT molecular complexity index is 263. The zero-order valence-corrected chi connectivity index (χ0v) is 8.97. The summed E-state index contributed by atoms with van der Waals surface area (Å²) in [4.78, 5) is 11.0. The van der Waals surface area contributed by atoms with Crippen LogP contribution in [0, 0.1) is 0 Å². The molecule has 0 saturated carbocycles. The van der Waals surface area contributed by atoms with Crippen LogP contribution in [-0.2, 0) is 19.6 Å². The van der Waals surface area contributed by atoms with E-state index < -0.39 is 10.0 Å². The molecule has 0 bridgehead atoms. The van der Waals surface area contributed by atoms with Crippen LogP contribution in [0.15, 0.2) is 0 Å². The fourth-order valence-electron chi connectivity index (χ4n) is 0.798. The number of primary sulfonamides is 1. The maximum Gasteiger partial charge on any atom is 0.220 e. The molecule has 0 heterocycles. The fourth-order valence-corrected chi connectivity index (χ4v) is 1.18. The lowest BCUT2D eigenvalue weighted by Crippen LogP contribution is -2.31. The van der Waals surface area contributed by atoms with Crippen molar-refractivity contribution in [3.05, 3.63) is 0 Å². The third-order valence-electron chi connectivity index (χ3n) is 1.46. The monoisotopic (exact) mass is 224 g/mol. The predicted molar refractivity (Wildman–Crippen MR) is 52.1 cm³/mol. The standard InChI is InChI=1S/C7H16N2O4S/c1-13-5-2-3-7(10)9-4-6-14(8,11)12/h2-6H2,1H3,(H,9,10)(H2,8,11,12). The summed E-state index contributed by atoms with van der Waals surface area (Å²) < 4.78 is 25.7. The van der Waals surface area contributed by atoms with Gasteiger partial charge in [0, 0.05) is 26.7 Å². The van der Waals surface area contributed by atoms with Crippen LogP contribution in [0.2, 0.25) is 0 Å². The molecule has 0 aliphatic heterocycles. The zero-order valence-electron chi connectivity index (χ0n) is 8.15. The summed E-state index contributed by atoms with van der Waals surface area (Å²) in [5.74, 6) is -0.422. The summed E-state index contributed by atoms with van der Waals surface area (Å²) >= 11 is 0. The van der Waals surface area contributed by atoms with Gasteiger partial charge in [-0.25, -0.2) is 13.6 Å². The van der Waals surface area contributed by atoms with Crippen LogP contribution in [0.1, 0.15) is 12.8 Å². The van der Waals surface area contributed by atoms with Crippen molar-refractivity contribution in [2.45, 2.75) is 12.8 Å². The molecule has 14 heavy (non-hydrogen) atoms. The molecule has 0 atom stereocenters. The topological polar surface area (TPSA) is 98.5 Å². The van der Waals surface area contributed by atoms with Crippen LogP contribution in [0.4, 0.5) is 0 Å². The Morgan fingerprint density at radius 2 is 2.14 bits per heavy atom. The molecule has 1 amide bonds. The van der Waals surface area contributed by atoms with E-state index in [2.05, 4.69) is 5.32 Å². The molecule has 84 valence electrons. The van der Waals surface area contributed by atoms with Crippen LogP contribution < -0.4 is 10.5 Å². The summed E-state index contributed by atoms with van der Waals surface area (Å²) in [5, 5.41) is 7.19. The van der Waals surface area contributed by atoms with E-state index in [1.165, 1.54) is 0 Å². The van der Waals surface area contributed by atoms with Crippen molar-refractivity contribution < 1.29 is 17.9 Å². The van der Waals surface area contributed by atoms with Crippen molar-refractivity contribution in [3.8, 4) is 0 Å². The zero-order chi connectivity index (χ0) is 11.0. The van der Waals surface area contributed by atoms with E-state index in [0.717, 1.165) is 0 Å². The summed E-state index contributed by atoms with van der Waals surface area (Å²) in [6, 6.07) is 0. The predicted octanol–water partition coefficient (Wildman–Crippen LogP) is -1.18. The Morgan fingerprint density at radius 1 is 1.50 bits per heavy atom. The lowest BCUT2D eigenvalue weighted by Gasteiger charge is -2.03. The van der Waals surface area contributed by atoms with E-state index in [1.807, 2.05) is 0 Å². The second-order valence-corrected chi connectivity index (χ2v) is 4.55. The van der Waals surface area contributed by atoms with Crippen LogP contribution in [0.25, 0.3) is 0 Å². The van der Waals surface area contributed by atoms with Gasteiger partial charge >= 0.3 is 0 Å². The molecule has 0 spiro atoms. The van der Waals surface area contributed by atoms with Crippen LogP contribution in [0.3, 0.4) is 0 Å². The number of nitrogens with one attached hydrogen (secondary N) is 1. The van der Waals surface area contributed by atoms with E-state index in [4.69, 9.17) is 9.88 Å². The van der Waals surface area contributed by atoms with Crippen molar-refractivity contribution in [2.24, 2.45) is 5.14 Å². The molecule has 3 N–H and O–H groups in total. The number of amides is 1. The SMILES string of the molecule is COCCCC(=O)NCCS(N)(=O)=O. The number of sulfonamides is 1. The highest BCUT2D eigenvalue weighted by Crippen LogP contribution is 1.88. The maximum absolute atomic E-state index is 11.0.